The molecule has 0 spiro atoms. The van der Waals surface area contributed by atoms with Gasteiger partial charge in [0.25, 0.3) is 5.91 Å². The Bertz CT molecular complexity index is 2130. The van der Waals surface area contributed by atoms with Crippen molar-refractivity contribution in [2.75, 3.05) is 66.3 Å². The van der Waals surface area contributed by atoms with E-state index in [0.717, 1.165) is 49.4 Å². The molecule has 1 aliphatic carbocycles. The first-order valence-electron chi connectivity index (χ1n) is 19.3. The molecule has 4 amide bonds. The molecule has 3 aromatic carbocycles. The molecule has 1 saturated carbocycles. The van der Waals surface area contributed by atoms with E-state index in [0.29, 0.717) is 49.7 Å². The van der Waals surface area contributed by atoms with Gasteiger partial charge in [-0.25, -0.2) is 0 Å². The van der Waals surface area contributed by atoms with Gasteiger partial charge in [0.1, 0.15) is 23.9 Å². The third-order valence-electron chi connectivity index (χ3n) is 11.0. The Kier molecular flexibility index (Phi) is 11.6. The van der Waals surface area contributed by atoms with Crippen molar-refractivity contribution in [1.82, 2.24) is 15.1 Å². The number of alkyl halides is 3. The number of hydrogen-bond donors (Lipinski definition) is 4. The van der Waals surface area contributed by atoms with Crippen LogP contribution in [0.1, 0.15) is 62.1 Å². The monoisotopic (exact) mass is 818 g/mol. The van der Waals surface area contributed by atoms with Crippen LogP contribution in [0, 0.1) is 11.3 Å². The number of ether oxygens (including phenoxy) is 1. The first kappa shape index (κ1) is 40.9. The van der Waals surface area contributed by atoms with Crippen LogP contribution in [0.2, 0.25) is 0 Å². The molecule has 17 heteroatoms. The van der Waals surface area contributed by atoms with Crippen LogP contribution in [0.25, 0.3) is 0 Å². The number of piperidine rings is 1. The van der Waals surface area contributed by atoms with Crippen LogP contribution in [0.3, 0.4) is 0 Å². The van der Waals surface area contributed by atoms with Crippen LogP contribution in [0.5, 0.6) is 5.75 Å². The van der Waals surface area contributed by atoms with Crippen LogP contribution in [-0.2, 0) is 25.4 Å². The van der Waals surface area contributed by atoms with Crippen molar-refractivity contribution in [2.24, 2.45) is 0 Å². The SMILES string of the molecule is CC1(C)C(=O)N(c2ccc(C#N)c(C(F)(F)F)c2)C(S)N1c1ccc(OCCN2CCN(CC(=O)Nc3cccc(NC4CCC(=O)NC4=O)c3)CC2)c(C2CC2)c1. The summed E-state index contributed by atoms with van der Waals surface area (Å²) < 4.78 is 47.8. The molecule has 3 aromatic rings. The van der Waals surface area contributed by atoms with Crippen molar-refractivity contribution in [1.29, 1.82) is 5.26 Å². The van der Waals surface area contributed by atoms with E-state index in [9.17, 15) is 37.6 Å². The summed E-state index contributed by atoms with van der Waals surface area (Å²) in [5.41, 5.74) is -0.722. The van der Waals surface area contributed by atoms with E-state index in [4.69, 9.17) is 17.4 Å². The Morgan fingerprint density at radius 2 is 1.67 bits per heavy atom. The molecule has 0 aromatic heterocycles. The van der Waals surface area contributed by atoms with E-state index in [1.54, 1.807) is 49.1 Å². The molecule has 306 valence electrons. The second-order valence-electron chi connectivity index (χ2n) is 15.5. The molecule has 0 bridgehead atoms. The Labute approximate surface area is 339 Å². The highest BCUT2D eigenvalue weighted by atomic mass is 32.1. The minimum atomic E-state index is -4.77. The fourth-order valence-electron chi connectivity index (χ4n) is 7.74. The predicted octanol–water partition coefficient (Wildman–Crippen LogP) is 5.15. The highest BCUT2D eigenvalue weighted by Gasteiger charge is 2.52. The molecule has 4 aliphatic rings. The summed E-state index contributed by atoms with van der Waals surface area (Å²) >= 11 is 4.75. The van der Waals surface area contributed by atoms with E-state index in [2.05, 4.69) is 25.8 Å². The number of carbonyl (C=O) groups is 4. The second-order valence-corrected chi connectivity index (χ2v) is 16.0. The van der Waals surface area contributed by atoms with Gasteiger partial charge in [-0.15, -0.1) is 12.6 Å². The molecule has 3 aliphatic heterocycles. The lowest BCUT2D eigenvalue weighted by atomic mass is 10.0. The van der Waals surface area contributed by atoms with Gasteiger partial charge in [0.05, 0.1) is 23.7 Å². The number of piperazine rings is 1. The van der Waals surface area contributed by atoms with Crippen molar-refractivity contribution in [2.45, 2.75) is 68.7 Å². The predicted molar refractivity (Wildman–Crippen MR) is 215 cm³/mol. The van der Waals surface area contributed by atoms with Crippen LogP contribution in [0.15, 0.2) is 60.7 Å². The Balaban J connectivity index is 0.913. The normalized spacial score (nSPS) is 21.4. The topological polar surface area (TPSA) is 150 Å². The summed E-state index contributed by atoms with van der Waals surface area (Å²) in [4.78, 5) is 57.7. The summed E-state index contributed by atoms with van der Waals surface area (Å²) in [6.07, 6.45) is -2.12. The Morgan fingerprint density at radius 1 is 0.966 bits per heavy atom. The number of thiol groups is 1. The van der Waals surface area contributed by atoms with Crippen LogP contribution < -0.4 is 30.5 Å². The number of nitrogens with one attached hydrogen (secondary N) is 3. The quantitative estimate of drug-likeness (QED) is 0.143. The molecule has 58 heavy (non-hydrogen) atoms. The van der Waals surface area contributed by atoms with Gasteiger partial charge >= 0.3 is 6.18 Å². The van der Waals surface area contributed by atoms with Crippen molar-refractivity contribution in [3.8, 4) is 11.8 Å². The minimum Gasteiger partial charge on any atom is -0.492 e. The molecule has 4 fully saturated rings. The molecular formula is C41H45F3N8O5S. The van der Waals surface area contributed by atoms with Crippen molar-refractivity contribution >= 4 is 59.0 Å². The summed E-state index contributed by atoms with van der Waals surface area (Å²) in [7, 11) is 0. The summed E-state index contributed by atoms with van der Waals surface area (Å²) in [6.45, 7) is 7.73. The zero-order valence-electron chi connectivity index (χ0n) is 32.1. The van der Waals surface area contributed by atoms with Gasteiger partial charge in [-0.1, -0.05) is 6.07 Å². The number of nitriles is 1. The van der Waals surface area contributed by atoms with Gasteiger partial charge in [-0.3, -0.25) is 39.2 Å². The number of nitrogens with zero attached hydrogens (tertiary/aromatic N) is 5. The number of anilines is 4. The molecule has 3 N–H and O–H groups in total. The van der Waals surface area contributed by atoms with Gasteiger partial charge in [-0.2, -0.15) is 18.4 Å². The maximum atomic E-state index is 13.8. The lowest BCUT2D eigenvalue weighted by Crippen LogP contribution is -2.49. The number of halogens is 3. The summed E-state index contributed by atoms with van der Waals surface area (Å²) in [5, 5.41) is 17.7. The Morgan fingerprint density at radius 3 is 2.36 bits per heavy atom. The fourth-order valence-corrected chi connectivity index (χ4v) is 8.40. The molecule has 7 rings (SSSR count). The molecule has 2 atom stereocenters. The fraction of sp³-hybridized carbons (Fsp3) is 0.439. The average Bonchev–Trinajstić information content (AvgIpc) is 4.00. The number of hydrogen-bond acceptors (Lipinski definition) is 11. The Hall–Kier alpha value is -5.31. The van der Waals surface area contributed by atoms with Crippen LogP contribution in [-0.4, -0.2) is 96.4 Å². The standard InChI is InChI=1S/C41H45F3N8O5S/c1-40(2)38(56)51(29-9-8-26(23-45)32(22-29)41(42,43)44)39(58)52(40)30-10-12-34(31(21-30)25-6-7-25)57-19-18-49-14-16-50(17-15-49)24-36(54)47-28-5-3-4-27(20-28)46-33-11-13-35(53)48-37(33)55/h3-5,8-10,12,20-22,25,33,39,46,58H,6-7,11,13-19,24H2,1-2H3,(H,47,54)(H,48,53,55). The van der Waals surface area contributed by atoms with E-state index < -0.39 is 40.3 Å². The number of amides is 4. The van der Waals surface area contributed by atoms with E-state index >= 15 is 0 Å². The molecule has 2 unspecified atom stereocenters. The van der Waals surface area contributed by atoms with Gasteiger partial charge < -0.3 is 20.3 Å². The van der Waals surface area contributed by atoms with Gasteiger partial charge in [0, 0.05) is 61.9 Å². The van der Waals surface area contributed by atoms with E-state index in [-0.39, 0.29) is 42.3 Å². The third-order valence-corrected chi connectivity index (χ3v) is 11.5. The summed E-state index contributed by atoms with van der Waals surface area (Å²) in [5.74, 6) is -0.178. The van der Waals surface area contributed by atoms with Crippen LogP contribution >= 0.6 is 12.6 Å². The molecule has 0 radical (unpaired) electrons. The number of benzene rings is 3. The van der Waals surface area contributed by atoms with Crippen molar-refractivity contribution < 1.29 is 37.1 Å². The smallest absolute Gasteiger partial charge is 0.417 e. The lowest BCUT2D eigenvalue weighted by Gasteiger charge is -2.34. The summed E-state index contributed by atoms with van der Waals surface area (Å²) in [6, 6.07) is 17.2. The first-order chi connectivity index (χ1) is 27.6. The van der Waals surface area contributed by atoms with E-state index in [1.165, 1.54) is 11.0 Å². The zero-order valence-corrected chi connectivity index (χ0v) is 33.0. The number of imide groups is 1. The van der Waals surface area contributed by atoms with Gasteiger partial charge in [-0.05, 0) is 99.2 Å². The highest BCUT2D eigenvalue weighted by molar-refractivity contribution is 7.81. The van der Waals surface area contributed by atoms with Crippen molar-refractivity contribution in [3.63, 3.8) is 0 Å². The maximum absolute atomic E-state index is 13.8. The lowest BCUT2D eigenvalue weighted by molar-refractivity contribution is -0.138. The van der Waals surface area contributed by atoms with Crippen molar-refractivity contribution in [3.05, 3.63) is 77.4 Å². The molecule has 3 saturated heterocycles. The second kappa shape index (κ2) is 16.5. The largest absolute Gasteiger partial charge is 0.492 e. The third kappa shape index (κ3) is 8.88. The minimum absolute atomic E-state index is 0.00207. The molecule has 13 nitrogen and oxygen atoms in total. The first-order valence-corrected chi connectivity index (χ1v) is 19.8. The number of carbonyl (C=O) groups excluding carboxylic acids is 4. The highest BCUT2D eigenvalue weighted by Crippen LogP contribution is 2.48. The molecular weight excluding hydrogens is 774 g/mol. The maximum Gasteiger partial charge on any atom is 0.417 e. The van der Waals surface area contributed by atoms with E-state index in [1.807, 2.05) is 18.2 Å². The average molecular weight is 819 g/mol. The number of rotatable bonds is 12. The zero-order chi connectivity index (χ0) is 41.4. The van der Waals surface area contributed by atoms with Gasteiger partial charge in [0.15, 0.2) is 5.50 Å². The van der Waals surface area contributed by atoms with Crippen LogP contribution in [0.4, 0.5) is 35.9 Å². The molecule has 3 heterocycles. The van der Waals surface area contributed by atoms with Gasteiger partial charge in [0.2, 0.25) is 17.7 Å².